The van der Waals surface area contributed by atoms with E-state index in [-0.39, 0.29) is 0 Å². The van der Waals surface area contributed by atoms with Crippen molar-refractivity contribution in [1.29, 1.82) is 0 Å². The van der Waals surface area contributed by atoms with E-state index in [0.29, 0.717) is 11.6 Å². The third-order valence-electron chi connectivity index (χ3n) is 4.57. The summed E-state index contributed by atoms with van der Waals surface area (Å²) < 4.78 is 8.00. The van der Waals surface area contributed by atoms with Gasteiger partial charge in [-0.25, -0.2) is 9.97 Å². The molecule has 0 atom stereocenters. The molecule has 1 N–H and O–H groups in total. The molecule has 28 heavy (non-hydrogen) atoms. The second-order valence-corrected chi connectivity index (χ2v) is 6.50. The predicted octanol–water partition coefficient (Wildman–Crippen LogP) is 4.82. The number of ether oxygens (including phenoxy) is 1. The molecule has 0 amide bonds. The van der Waals surface area contributed by atoms with E-state index in [0.717, 1.165) is 33.7 Å². The quantitative estimate of drug-likeness (QED) is 0.494. The number of hydrogen-bond acceptors (Lipinski definition) is 4. The topological polar surface area (TPSA) is 68.6 Å². The minimum atomic E-state index is 0.693. The van der Waals surface area contributed by atoms with Gasteiger partial charge in [-0.05, 0) is 23.8 Å². The Morgan fingerprint density at radius 1 is 0.893 bits per heavy atom. The SMILES string of the molecule is Cn1cnc2cc(Oc3ccnc(-c4ncc(-c5ccccc5)[nH]4)c3)ccc21. The summed E-state index contributed by atoms with van der Waals surface area (Å²) in [7, 11) is 1.97. The van der Waals surface area contributed by atoms with Crippen LogP contribution in [0.25, 0.3) is 33.8 Å². The summed E-state index contributed by atoms with van der Waals surface area (Å²) in [6, 6.07) is 19.6. The van der Waals surface area contributed by atoms with Gasteiger partial charge < -0.3 is 14.3 Å². The first-order valence-corrected chi connectivity index (χ1v) is 8.92. The number of nitrogens with zero attached hydrogens (tertiary/aromatic N) is 4. The Hall–Kier alpha value is -3.93. The van der Waals surface area contributed by atoms with Gasteiger partial charge in [0.25, 0.3) is 0 Å². The number of aromatic nitrogens is 5. The number of imidazole rings is 2. The molecule has 0 saturated heterocycles. The van der Waals surface area contributed by atoms with E-state index in [9.17, 15) is 0 Å². The van der Waals surface area contributed by atoms with Crippen LogP contribution in [0.1, 0.15) is 0 Å². The molecule has 3 heterocycles. The minimum Gasteiger partial charge on any atom is -0.457 e. The smallest absolute Gasteiger partial charge is 0.156 e. The van der Waals surface area contributed by atoms with E-state index < -0.39 is 0 Å². The van der Waals surface area contributed by atoms with Crippen LogP contribution >= 0.6 is 0 Å². The molecule has 3 aromatic heterocycles. The lowest BCUT2D eigenvalue weighted by Gasteiger charge is -2.07. The van der Waals surface area contributed by atoms with Gasteiger partial charge >= 0.3 is 0 Å². The largest absolute Gasteiger partial charge is 0.457 e. The summed E-state index contributed by atoms with van der Waals surface area (Å²) in [5.41, 5.74) is 4.71. The van der Waals surface area contributed by atoms with E-state index in [1.807, 2.05) is 78.5 Å². The molecule has 0 saturated carbocycles. The van der Waals surface area contributed by atoms with Crippen molar-refractivity contribution in [1.82, 2.24) is 24.5 Å². The van der Waals surface area contributed by atoms with Crippen LogP contribution in [0, 0.1) is 0 Å². The first kappa shape index (κ1) is 16.3. The minimum absolute atomic E-state index is 0.693. The number of pyridine rings is 1. The van der Waals surface area contributed by atoms with Gasteiger partial charge in [-0.2, -0.15) is 0 Å². The molecule has 0 fully saturated rings. The molecular formula is C22H17N5O. The molecule has 0 spiro atoms. The predicted molar refractivity (Wildman–Crippen MR) is 108 cm³/mol. The summed E-state index contributed by atoms with van der Waals surface area (Å²) in [5, 5.41) is 0. The molecule has 0 aliphatic carbocycles. The summed E-state index contributed by atoms with van der Waals surface area (Å²) in [5.74, 6) is 2.12. The zero-order valence-electron chi connectivity index (χ0n) is 15.2. The molecule has 5 aromatic rings. The lowest BCUT2D eigenvalue weighted by atomic mass is 10.2. The zero-order chi connectivity index (χ0) is 18.9. The molecule has 0 radical (unpaired) electrons. The van der Waals surface area contributed by atoms with Crippen molar-refractivity contribution < 1.29 is 4.74 Å². The van der Waals surface area contributed by atoms with E-state index in [2.05, 4.69) is 19.9 Å². The highest BCUT2D eigenvalue weighted by molar-refractivity contribution is 5.77. The second kappa shape index (κ2) is 6.66. The Kier molecular flexibility index (Phi) is 3.87. The average Bonchev–Trinajstić information content (AvgIpc) is 3.36. The molecule has 0 aliphatic rings. The highest BCUT2D eigenvalue weighted by Gasteiger charge is 2.09. The van der Waals surface area contributed by atoms with Gasteiger partial charge in [-0.3, -0.25) is 4.98 Å². The number of benzene rings is 2. The normalized spacial score (nSPS) is 11.0. The Morgan fingerprint density at radius 3 is 2.64 bits per heavy atom. The average molecular weight is 367 g/mol. The molecule has 0 aliphatic heterocycles. The van der Waals surface area contributed by atoms with E-state index in [1.54, 1.807) is 12.5 Å². The van der Waals surface area contributed by atoms with Crippen LogP contribution in [0.2, 0.25) is 0 Å². The van der Waals surface area contributed by atoms with Gasteiger partial charge in [0.15, 0.2) is 5.82 Å². The van der Waals surface area contributed by atoms with Crippen LogP contribution < -0.4 is 4.74 Å². The standard InChI is InChI=1S/C22H17N5O/c1-27-14-25-18-11-16(7-8-21(18)27)28-17-9-10-23-19(12-17)22-24-13-20(26-22)15-5-3-2-4-6-15/h2-14H,1H3,(H,24,26). The van der Waals surface area contributed by atoms with Crippen molar-refractivity contribution in [3.8, 4) is 34.3 Å². The first-order chi connectivity index (χ1) is 13.8. The van der Waals surface area contributed by atoms with E-state index in [4.69, 9.17) is 4.74 Å². The van der Waals surface area contributed by atoms with Gasteiger partial charge in [-0.1, -0.05) is 30.3 Å². The number of H-pyrrole nitrogens is 1. The summed E-state index contributed by atoms with van der Waals surface area (Å²) in [4.78, 5) is 16.6. The Bertz CT molecular complexity index is 1260. The third-order valence-corrected chi connectivity index (χ3v) is 4.57. The van der Waals surface area contributed by atoms with Crippen LogP contribution in [0.3, 0.4) is 0 Å². The monoisotopic (exact) mass is 367 g/mol. The molecule has 5 rings (SSSR count). The van der Waals surface area contributed by atoms with Crippen molar-refractivity contribution >= 4 is 11.0 Å². The van der Waals surface area contributed by atoms with Gasteiger partial charge in [0.2, 0.25) is 0 Å². The fraction of sp³-hybridized carbons (Fsp3) is 0.0455. The van der Waals surface area contributed by atoms with E-state index >= 15 is 0 Å². The third kappa shape index (κ3) is 3.01. The number of rotatable bonds is 4. The molecule has 0 bridgehead atoms. The van der Waals surface area contributed by atoms with Crippen molar-refractivity contribution in [3.63, 3.8) is 0 Å². The molecule has 136 valence electrons. The Morgan fingerprint density at radius 2 is 1.75 bits per heavy atom. The number of nitrogens with one attached hydrogen (secondary N) is 1. The van der Waals surface area contributed by atoms with Crippen molar-refractivity contribution in [2.24, 2.45) is 7.05 Å². The maximum Gasteiger partial charge on any atom is 0.156 e. The molecule has 6 nitrogen and oxygen atoms in total. The number of hydrogen-bond donors (Lipinski definition) is 1. The Balaban J connectivity index is 1.42. The lowest BCUT2D eigenvalue weighted by molar-refractivity contribution is 0.483. The lowest BCUT2D eigenvalue weighted by Crippen LogP contribution is -1.90. The van der Waals surface area contributed by atoms with Gasteiger partial charge in [0, 0.05) is 25.4 Å². The number of fused-ring (bicyclic) bond motifs is 1. The van der Waals surface area contributed by atoms with Gasteiger partial charge in [0.05, 0.1) is 29.3 Å². The maximum atomic E-state index is 6.02. The van der Waals surface area contributed by atoms with Crippen LogP contribution in [-0.4, -0.2) is 24.5 Å². The van der Waals surface area contributed by atoms with Crippen LogP contribution in [0.5, 0.6) is 11.5 Å². The highest BCUT2D eigenvalue weighted by atomic mass is 16.5. The van der Waals surface area contributed by atoms with Crippen molar-refractivity contribution in [2.75, 3.05) is 0 Å². The second-order valence-electron chi connectivity index (χ2n) is 6.50. The van der Waals surface area contributed by atoms with Crippen LogP contribution in [0.15, 0.2) is 79.4 Å². The van der Waals surface area contributed by atoms with Gasteiger partial charge in [0.1, 0.15) is 17.2 Å². The Labute approximate surface area is 161 Å². The van der Waals surface area contributed by atoms with Crippen LogP contribution in [-0.2, 0) is 7.05 Å². The summed E-state index contributed by atoms with van der Waals surface area (Å²) in [6.45, 7) is 0. The fourth-order valence-electron chi connectivity index (χ4n) is 3.14. The number of aromatic amines is 1. The van der Waals surface area contributed by atoms with Gasteiger partial charge in [-0.15, -0.1) is 0 Å². The summed E-state index contributed by atoms with van der Waals surface area (Å²) >= 11 is 0. The van der Waals surface area contributed by atoms with Crippen molar-refractivity contribution in [2.45, 2.75) is 0 Å². The summed E-state index contributed by atoms with van der Waals surface area (Å²) in [6.07, 6.45) is 5.32. The van der Waals surface area contributed by atoms with Crippen LogP contribution in [0.4, 0.5) is 0 Å². The first-order valence-electron chi connectivity index (χ1n) is 8.92. The maximum absolute atomic E-state index is 6.02. The fourth-order valence-corrected chi connectivity index (χ4v) is 3.14. The molecule has 2 aromatic carbocycles. The molecule has 0 unspecified atom stereocenters. The molecular weight excluding hydrogens is 350 g/mol. The zero-order valence-corrected chi connectivity index (χ0v) is 15.2. The molecule has 6 heteroatoms. The highest BCUT2D eigenvalue weighted by Crippen LogP contribution is 2.27. The number of aryl methyl sites for hydroxylation is 1. The van der Waals surface area contributed by atoms with E-state index in [1.165, 1.54) is 0 Å². The van der Waals surface area contributed by atoms with Crippen molar-refractivity contribution in [3.05, 3.63) is 79.4 Å².